The molecule has 0 spiro atoms. The summed E-state index contributed by atoms with van der Waals surface area (Å²) in [4.78, 5) is 2.86. The van der Waals surface area contributed by atoms with Gasteiger partial charge in [0.05, 0.1) is 0 Å². The summed E-state index contributed by atoms with van der Waals surface area (Å²) >= 11 is 0.700. The third kappa shape index (κ3) is 15.6. The van der Waals surface area contributed by atoms with Gasteiger partial charge in [0.25, 0.3) is 0 Å². The molecular weight excluding hydrogens is 237 g/mol. The van der Waals surface area contributed by atoms with Crippen LogP contribution in [0.1, 0.15) is 0 Å². The van der Waals surface area contributed by atoms with E-state index in [1.807, 2.05) is 24.5 Å². The van der Waals surface area contributed by atoms with Gasteiger partial charge in [-0.2, -0.15) is 0 Å². The van der Waals surface area contributed by atoms with E-state index < -0.39 is 8.34 Å². The van der Waals surface area contributed by atoms with Gasteiger partial charge < -0.3 is 4.98 Å². The molecule has 1 heterocycles. The van der Waals surface area contributed by atoms with Crippen molar-refractivity contribution in [3.8, 4) is 0 Å². The fraction of sp³-hybridized carbons (Fsp3) is 0. The molecule has 10 heavy (non-hydrogen) atoms. The molecule has 0 aliphatic rings. The van der Waals surface area contributed by atoms with Crippen LogP contribution in [0.4, 0.5) is 0 Å². The smallest absolute Gasteiger partial charge is 0.000496 e. The Morgan fingerprint density at radius 2 is 1.40 bits per heavy atom. The first-order chi connectivity index (χ1) is 4.91. The summed E-state index contributed by atoms with van der Waals surface area (Å²) in [5.74, 6) is 0. The minimum atomic E-state index is -1.42. The fourth-order valence-corrected chi connectivity index (χ4v) is 0.278. The zero-order valence-corrected chi connectivity index (χ0v) is 7.95. The van der Waals surface area contributed by atoms with Crippen LogP contribution in [-0.2, 0) is 32.3 Å². The van der Waals surface area contributed by atoms with Crippen molar-refractivity contribution in [3.63, 3.8) is 0 Å². The van der Waals surface area contributed by atoms with Crippen LogP contribution in [0.25, 0.3) is 0 Å². The molecule has 0 aromatic carbocycles. The van der Waals surface area contributed by atoms with E-state index in [0.717, 1.165) is 0 Å². The Kier molecular flexibility index (Phi) is 19.6. The molecule has 0 fully saturated rings. The van der Waals surface area contributed by atoms with E-state index in [-0.39, 0.29) is 0 Å². The van der Waals surface area contributed by atoms with E-state index in [0.29, 0.717) is 19.8 Å². The van der Waals surface area contributed by atoms with Crippen LogP contribution in [0.2, 0.25) is 0 Å². The van der Waals surface area contributed by atoms with Crippen molar-refractivity contribution in [1.82, 2.24) is 4.98 Å². The monoisotopic (exact) mass is 245 g/mol. The van der Waals surface area contributed by atoms with Gasteiger partial charge in [-0.3, -0.25) is 0 Å². The molecule has 1 aromatic rings. The molecule has 0 saturated carbocycles. The molecule has 0 aliphatic heterocycles. The summed E-state index contributed by atoms with van der Waals surface area (Å²) in [6.07, 6.45) is 3.75. The van der Waals surface area contributed by atoms with Crippen LogP contribution < -0.4 is 0 Å². The average molecular weight is 243 g/mol. The van der Waals surface area contributed by atoms with Crippen molar-refractivity contribution in [2.45, 2.75) is 0 Å². The predicted octanol–water partition coefficient (Wildman–Crippen LogP) is 1.25. The van der Waals surface area contributed by atoms with E-state index in [2.05, 4.69) is 4.98 Å². The number of hydrogen-bond acceptors (Lipinski definition) is 3. The normalized spacial score (nSPS) is 5.60. The molecule has 0 atom stereocenters. The maximum absolute atomic E-state index is 8.40. The first-order valence-corrected chi connectivity index (χ1v) is 3.79. The maximum Gasteiger partial charge on any atom is 0.000496 e. The van der Waals surface area contributed by atoms with Gasteiger partial charge in [0, 0.05) is 12.4 Å². The molecule has 0 aliphatic carbocycles. The van der Waals surface area contributed by atoms with Crippen molar-refractivity contribution < 1.29 is 32.3 Å². The summed E-state index contributed by atoms with van der Waals surface area (Å²) in [6, 6.07) is 3.89. The van der Waals surface area contributed by atoms with Crippen molar-refractivity contribution in [3.05, 3.63) is 24.5 Å². The molecule has 56 valence electrons. The number of H-pyrrole nitrogens is 1. The second-order valence-corrected chi connectivity index (χ2v) is 1.13. The van der Waals surface area contributed by atoms with Gasteiger partial charge in [-0.05, 0) is 12.1 Å². The number of aromatic nitrogens is 1. The van der Waals surface area contributed by atoms with Crippen molar-refractivity contribution in [1.29, 1.82) is 0 Å². The number of rotatable bonds is 0. The molecule has 4 nitrogen and oxygen atoms in total. The molecule has 0 saturated heterocycles. The van der Waals surface area contributed by atoms with Crippen molar-refractivity contribution in [2.24, 2.45) is 0 Å². The number of hydrogen-bond donors (Lipinski definition) is 1. The molecular formula is C4H6MoNO3P. The van der Waals surface area contributed by atoms with Gasteiger partial charge in [-0.15, -0.1) is 0 Å². The predicted molar refractivity (Wildman–Crippen MR) is 31.2 cm³/mol. The SMILES string of the molecule is O=[PH]=O.[O]=[Mo].c1cc[nH]c1. The zero-order chi connectivity index (χ0) is 8.24. The third-order valence-corrected chi connectivity index (χ3v) is 0.496. The van der Waals surface area contributed by atoms with Crippen molar-refractivity contribution in [2.75, 3.05) is 0 Å². The topological polar surface area (TPSA) is 67.0 Å². The van der Waals surface area contributed by atoms with Gasteiger partial charge in [0.2, 0.25) is 0 Å². The van der Waals surface area contributed by atoms with Crippen LogP contribution in [0.3, 0.4) is 0 Å². The largest absolute Gasteiger partial charge is 0.368 e. The second kappa shape index (κ2) is 15.9. The second-order valence-electron chi connectivity index (χ2n) is 0.968. The third-order valence-electron chi connectivity index (χ3n) is 0.496. The fourth-order valence-electron chi connectivity index (χ4n) is 0.278. The van der Waals surface area contributed by atoms with Crippen molar-refractivity contribution >= 4 is 8.34 Å². The summed E-state index contributed by atoms with van der Waals surface area (Å²) in [6.45, 7) is 0. The Balaban J connectivity index is 0. The molecule has 1 rings (SSSR count). The van der Waals surface area contributed by atoms with E-state index in [9.17, 15) is 0 Å². The van der Waals surface area contributed by atoms with Crippen LogP contribution in [0.15, 0.2) is 24.5 Å². The molecule has 0 amide bonds. The van der Waals surface area contributed by atoms with E-state index in [4.69, 9.17) is 12.5 Å². The minimum absolute atomic E-state index is 0.700. The Bertz CT molecular complexity index is 144. The van der Waals surface area contributed by atoms with Crippen LogP contribution >= 0.6 is 8.34 Å². The Morgan fingerprint density at radius 3 is 1.50 bits per heavy atom. The van der Waals surface area contributed by atoms with Crippen LogP contribution in [0.5, 0.6) is 0 Å². The Hall–Kier alpha value is -0.332. The van der Waals surface area contributed by atoms with Gasteiger partial charge >= 0.3 is 31.5 Å². The molecule has 6 heteroatoms. The molecule has 1 aromatic heterocycles. The molecule has 0 radical (unpaired) electrons. The molecule has 1 N–H and O–H groups in total. The first-order valence-electron chi connectivity index (χ1n) is 2.15. The molecule has 0 bridgehead atoms. The Labute approximate surface area is 70.5 Å². The Morgan fingerprint density at radius 1 is 1.10 bits per heavy atom. The van der Waals surface area contributed by atoms with Crippen LogP contribution in [0, 0.1) is 0 Å². The van der Waals surface area contributed by atoms with Gasteiger partial charge in [0.1, 0.15) is 0 Å². The van der Waals surface area contributed by atoms with Crippen LogP contribution in [-0.4, -0.2) is 4.98 Å². The summed E-state index contributed by atoms with van der Waals surface area (Å²) < 4.78 is 25.1. The summed E-state index contributed by atoms with van der Waals surface area (Å²) in [7, 11) is -1.42. The van der Waals surface area contributed by atoms with Gasteiger partial charge in [-0.25, -0.2) is 9.13 Å². The zero-order valence-electron chi connectivity index (χ0n) is 4.94. The van der Waals surface area contributed by atoms with E-state index in [1.54, 1.807) is 0 Å². The minimum Gasteiger partial charge on any atom is -0.368 e. The first kappa shape index (κ1) is 12.4. The molecule has 0 unspecified atom stereocenters. The maximum atomic E-state index is 8.40. The van der Waals surface area contributed by atoms with E-state index in [1.165, 1.54) is 0 Å². The number of nitrogens with one attached hydrogen (secondary N) is 1. The van der Waals surface area contributed by atoms with Gasteiger partial charge in [-0.1, -0.05) is 0 Å². The van der Waals surface area contributed by atoms with Gasteiger partial charge in [0.15, 0.2) is 0 Å². The standard InChI is InChI=1S/C4H5N.Mo.HO2P.O/c1-2-4-5-3-1;;1-3-2;/h1-5H;;3H;. The summed E-state index contributed by atoms with van der Waals surface area (Å²) in [5, 5.41) is 0. The quantitative estimate of drug-likeness (QED) is 0.550. The number of aromatic amines is 1. The summed E-state index contributed by atoms with van der Waals surface area (Å²) in [5.41, 5.74) is 0. The average Bonchev–Trinajstić information content (AvgIpc) is 2.48. The van der Waals surface area contributed by atoms with E-state index >= 15 is 0 Å².